The number of hydrogen-bond acceptors (Lipinski definition) is 5. The molecule has 2 amide bonds. The van der Waals surface area contributed by atoms with Crippen molar-refractivity contribution in [3.63, 3.8) is 0 Å². The zero-order chi connectivity index (χ0) is 18.1. The van der Waals surface area contributed by atoms with Gasteiger partial charge < -0.3 is 19.5 Å². The van der Waals surface area contributed by atoms with Crippen molar-refractivity contribution >= 4 is 39.1 Å². The van der Waals surface area contributed by atoms with E-state index in [1.54, 1.807) is 36.4 Å². The Hall–Kier alpha value is -2.74. The molecule has 0 saturated heterocycles. The van der Waals surface area contributed by atoms with Crippen LogP contribution in [-0.4, -0.2) is 38.2 Å². The summed E-state index contributed by atoms with van der Waals surface area (Å²) in [5, 5.41) is 2.78. The number of fused-ring (bicyclic) bond motifs is 2. The van der Waals surface area contributed by atoms with Gasteiger partial charge in [-0.25, -0.2) is 0 Å². The first kappa shape index (κ1) is 16.7. The Kier molecular flexibility index (Phi) is 4.42. The first-order valence-electron chi connectivity index (χ1n) is 8.02. The molecule has 0 radical (unpaired) electrons. The third kappa shape index (κ3) is 3.32. The molecule has 0 fully saturated rings. The molecule has 2 heterocycles. The maximum Gasteiger partial charge on any atom is 0.265 e. The maximum atomic E-state index is 12.4. The van der Waals surface area contributed by atoms with Crippen LogP contribution in [0.5, 0.6) is 17.2 Å². The standard InChI is InChI=1S/C18H15BrN2O5/c19-11-1-3-13-15(7-11)26-10-18(23)21(13)9-17(22)20-12-2-4-14-16(8-12)25-6-5-24-14/h1-4,7-8H,5-6,9-10H2,(H,20,22). The van der Waals surface area contributed by atoms with Crippen LogP contribution in [0.15, 0.2) is 40.9 Å². The summed E-state index contributed by atoms with van der Waals surface area (Å²) < 4.78 is 17.2. The van der Waals surface area contributed by atoms with Crippen molar-refractivity contribution in [1.82, 2.24) is 0 Å². The van der Waals surface area contributed by atoms with Gasteiger partial charge >= 0.3 is 0 Å². The maximum absolute atomic E-state index is 12.4. The number of nitrogens with zero attached hydrogens (tertiary/aromatic N) is 1. The van der Waals surface area contributed by atoms with E-state index in [1.165, 1.54) is 4.90 Å². The Morgan fingerprint density at radius 1 is 1.04 bits per heavy atom. The van der Waals surface area contributed by atoms with Gasteiger partial charge in [0, 0.05) is 16.2 Å². The summed E-state index contributed by atoms with van der Waals surface area (Å²) >= 11 is 3.37. The quantitative estimate of drug-likeness (QED) is 0.828. The third-order valence-corrected chi connectivity index (χ3v) is 4.49. The van der Waals surface area contributed by atoms with Crippen molar-refractivity contribution < 1.29 is 23.8 Å². The number of carbonyl (C=O) groups excluding carboxylic acids is 2. The molecular weight excluding hydrogens is 404 g/mol. The summed E-state index contributed by atoms with van der Waals surface area (Å²) in [6, 6.07) is 10.5. The molecule has 0 atom stereocenters. The first-order chi connectivity index (χ1) is 12.6. The lowest BCUT2D eigenvalue weighted by atomic mass is 10.2. The van der Waals surface area contributed by atoms with E-state index in [9.17, 15) is 9.59 Å². The van der Waals surface area contributed by atoms with E-state index in [0.29, 0.717) is 41.8 Å². The van der Waals surface area contributed by atoms with Crippen molar-refractivity contribution in [2.24, 2.45) is 0 Å². The van der Waals surface area contributed by atoms with Gasteiger partial charge in [-0.2, -0.15) is 0 Å². The molecule has 2 aromatic carbocycles. The summed E-state index contributed by atoms with van der Waals surface area (Å²) in [5.41, 5.74) is 1.15. The molecule has 0 spiro atoms. The lowest BCUT2D eigenvalue weighted by molar-refractivity contribution is -0.123. The fraction of sp³-hybridized carbons (Fsp3) is 0.222. The summed E-state index contributed by atoms with van der Waals surface area (Å²) in [6.45, 7) is 0.776. The second-order valence-corrected chi connectivity index (χ2v) is 6.70. The molecule has 8 heteroatoms. The highest BCUT2D eigenvalue weighted by molar-refractivity contribution is 9.10. The number of hydrogen-bond donors (Lipinski definition) is 1. The number of nitrogens with one attached hydrogen (secondary N) is 1. The molecule has 7 nitrogen and oxygen atoms in total. The number of amides is 2. The van der Waals surface area contributed by atoms with Gasteiger partial charge in [0.25, 0.3) is 5.91 Å². The van der Waals surface area contributed by atoms with E-state index in [1.807, 2.05) is 0 Å². The average molecular weight is 419 g/mol. The lowest BCUT2D eigenvalue weighted by Crippen LogP contribution is -2.43. The minimum atomic E-state index is -0.314. The van der Waals surface area contributed by atoms with E-state index >= 15 is 0 Å². The number of rotatable bonds is 3. The number of halogens is 1. The molecule has 2 aliphatic heterocycles. The molecule has 26 heavy (non-hydrogen) atoms. The molecule has 0 saturated carbocycles. The van der Waals surface area contributed by atoms with Crippen LogP contribution < -0.4 is 24.4 Å². The Balaban J connectivity index is 1.49. The van der Waals surface area contributed by atoms with Crippen LogP contribution in [0.2, 0.25) is 0 Å². The number of ether oxygens (including phenoxy) is 3. The number of anilines is 2. The van der Waals surface area contributed by atoms with Crippen LogP contribution >= 0.6 is 15.9 Å². The van der Waals surface area contributed by atoms with Crippen molar-refractivity contribution in [3.8, 4) is 17.2 Å². The number of carbonyl (C=O) groups is 2. The average Bonchev–Trinajstić information content (AvgIpc) is 2.64. The molecule has 134 valence electrons. The summed E-state index contributed by atoms with van der Waals surface area (Å²) in [7, 11) is 0. The molecular formula is C18H15BrN2O5. The monoisotopic (exact) mass is 418 g/mol. The van der Waals surface area contributed by atoms with Crippen LogP contribution in [0.1, 0.15) is 0 Å². The fourth-order valence-electron chi connectivity index (χ4n) is 2.82. The molecule has 4 rings (SSSR count). The SMILES string of the molecule is O=C(CN1C(=O)COc2cc(Br)ccc21)Nc1ccc2c(c1)OCCO2. The van der Waals surface area contributed by atoms with E-state index in [-0.39, 0.29) is 25.0 Å². The highest BCUT2D eigenvalue weighted by Gasteiger charge is 2.27. The molecule has 2 aliphatic rings. The van der Waals surface area contributed by atoms with Crippen LogP contribution in [-0.2, 0) is 9.59 Å². The van der Waals surface area contributed by atoms with E-state index < -0.39 is 0 Å². The molecule has 0 aliphatic carbocycles. The lowest BCUT2D eigenvalue weighted by Gasteiger charge is -2.29. The van der Waals surface area contributed by atoms with Crippen LogP contribution in [0.25, 0.3) is 0 Å². The van der Waals surface area contributed by atoms with Gasteiger partial charge in [0.05, 0.1) is 5.69 Å². The topological polar surface area (TPSA) is 77.1 Å². The zero-order valence-corrected chi connectivity index (χ0v) is 15.2. The molecule has 1 N–H and O–H groups in total. The van der Waals surface area contributed by atoms with Gasteiger partial charge in [-0.15, -0.1) is 0 Å². The highest BCUT2D eigenvalue weighted by Crippen LogP contribution is 2.35. The van der Waals surface area contributed by atoms with Crippen molar-refractivity contribution in [2.45, 2.75) is 0 Å². The molecule has 2 aromatic rings. The van der Waals surface area contributed by atoms with Gasteiger partial charge in [0.15, 0.2) is 18.1 Å². The normalized spacial score (nSPS) is 15.1. The first-order valence-corrected chi connectivity index (χ1v) is 8.82. The van der Waals surface area contributed by atoms with Gasteiger partial charge in [-0.1, -0.05) is 15.9 Å². The van der Waals surface area contributed by atoms with Crippen molar-refractivity contribution in [1.29, 1.82) is 0 Å². The van der Waals surface area contributed by atoms with Crippen molar-refractivity contribution in [3.05, 3.63) is 40.9 Å². The van der Waals surface area contributed by atoms with E-state index in [4.69, 9.17) is 14.2 Å². The van der Waals surface area contributed by atoms with Crippen molar-refractivity contribution in [2.75, 3.05) is 36.6 Å². The molecule has 0 bridgehead atoms. The Morgan fingerprint density at radius 2 is 1.85 bits per heavy atom. The summed E-state index contributed by atoms with van der Waals surface area (Å²) in [4.78, 5) is 26.1. The second-order valence-electron chi connectivity index (χ2n) is 5.79. The van der Waals surface area contributed by atoms with Gasteiger partial charge in [0.1, 0.15) is 25.5 Å². The van der Waals surface area contributed by atoms with Crippen LogP contribution in [0.4, 0.5) is 11.4 Å². The van der Waals surface area contributed by atoms with Crippen LogP contribution in [0, 0.1) is 0 Å². The van der Waals surface area contributed by atoms with Gasteiger partial charge in [-0.05, 0) is 30.3 Å². The minimum Gasteiger partial charge on any atom is -0.486 e. The fourth-order valence-corrected chi connectivity index (χ4v) is 3.16. The Bertz CT molecular complexity index is 886. The molecule has 0 aromatic heterocycles. The second kappa shape index (κ2) is 6.87. The summed E-state index contributed by atoms with van der Waals surface area (Å²) in [6.07, 6.45) is 0. The molecule has 0 unspecified atom stereocenters. The summed E-state index contributed by atoms with van der Waals surface area (Å²) in [5.74, 6) is 1.22. The Morgan fingerprint density at radius 3 is 2.69 bits per heavy atom. The van der Waals surface area contributed by atoms with Gasteiger partial charge in [-0.3, -0.25) is 14.5 Å². The Labute approximate surface area is 158 Å². The zero-order valence-electron chi connectivity index (χ0n) is 13.7. The van der Waals surface area contributed by atoms with Gasteiger partial charge in [0.2, 0.25) is 5.91 Å². The number of benzene rings is 2. The predicted octanol–water partition coefficient (Wildman–Crippen LogP) is 2.58. The minimum absolute atomic E-state index is 0.0965. The largest absolute Gasteiger partial charge is 0.486 e. The van der Waals surface area contributed by atoms with E-state index in [2.05, 4.69) is 21.2 Å². The highest BCUT2D eigenvalue weighted by atomic mass is 79.9. The van der Waals surface area contributed by atoms with E-state index in [0.717, 1.165) is 4.47 Å². The smallest absolute Gasteiger partial charge is 0.265 e. The van der Waals surface area contributed by atoms with Crippen LogP contribution in [0.3, 0.4) is 0 Å². The third-order valence-electron chi connectivity index (χ3n) is 3.99. The predicted molar refractivity (Wildman–Crippen MR) is 98.1 cm³/mol.